The van der Waals surface area contributed by atoms with E-state index < -0.39 is 6.10 Å². The molecule has 0 aromatic rings. The number of rotatable bonds is 1. The lowest BCUT2D eigenvalue weighted by Gasteiger charge is -2.10. The highest BCUT2D eigenvalue weighted by atomic mass is 16.3. The van der Waals surface area contributed by atoms with Crippen LogP contribution < -0.4 is 11.2 Å². The van der Waals surface area contributed by atoms with Crippen LogP contribution in [0.4, 0.5) is 0 Å². The summed E-state index contributed by atoms with van der Waals surface area (Å²) in [5.74, 6) is 0.509. The third-order valence-electron chi connectivity index (χ3n) is 1.48. The van der Waals surface area contributed by atoms with Gasteiger partial charge in [-0.05, 0) is 6.92 Å². The first-order valence-corrected chi connectivity index (χ1v) is 2.96. The fourth-order valence-electron chi connectivity index (χ4n) is 0.840. The lowest BCUT2D eigenvalue weighted by atomic mass is 10.0. The summed E-state index contributed by atoms with van der Waals surface area (Å²) >= 11 is 0. The van der Waals surface area contributed by atoms with Crippen molar-refractivity contribution in [3.05, 3.63) is 0 Å². The third-order valence-corrected chi connectivity index (χ3v) is 1.48. The van der Waals surface area contributed by atoms with Crippen molar-refractivity contribution in [1.29, 1.82) is 0 Å². The Morgan fingerprint density at radius 1 is 2.00 bits per heavy atom. The van der Waals surface area contributed by atoms with Crippen molar-refractivity contribution in [2.24, 2.45) is 16.8 Å². The number of nitrogens with zero attached hydrogens (tertiary/aromatic N) is 1. The molecule has 1 rings (SSSR count). The first-order valence-electron chi connectivity index (χ1n) is 2.96. The van der Waals surface area contributed by atoms with Gasteiger partial charge in [0, 0.05) is 6.54 Å². The van der Waals surface area contributed by atoms with Crippen LogP contribution in [0.5, 0.6) is 0 Å². The lowest BCUT2D eigenvalue weighted by Crippen LogP contribution is -2.31. The van der Waals surface area contributed by atoms with E-state index in [1.54, 1.807) is 6.92 Å². The average molecular weight is 129 g/mol. The van der Waals surface area contributed by atoms with Gasteiger partial charge in [-0.3, -0.25) is 0 Å². The van der Waals surface area contributed by atoms with Gasteiger partial charge in [0.25, 0.3) is 0 Å². The number of amidine groups is 1. The van der Waals surface area contributed by atoms with Gasteiger partial charge in [0.2, 0.25) is 0 Å². The predicted molar refractivity (Wildman–Crippen MR) is 34.8 cm³/mol. The van der Waals surface area contributed by atoms with Crippen LogP contribution in [0, 0.1) is 5.92 Å². The number of hydrazone groups is 1. The first kappa shape index (κ1) is 6.35. The van der Waals surface area contributed by atoms with E-state index in [1.807, 2.05) is 0 Å². The van der Waals surface area contributed by atoms with Crippen LogP contribution in [0.1, 0.15) is 6.92 Å². The van der Waals surface area contributed by atoms with Gasteiger partial charge in [-0.2, -0.15) is 5.10 Å². The molecule has 4 N–H and O–H groups in total. The Labute approximate surface area is 53.7 Å². The van der Waals surface area contributed by atoms with Gasteiger partial charge in [0.05, 0.1) is 12.0 Å². The summed E-state index contributed by atoms with van der Waals surface area (Å²) in [5.41, 5.74) is 8.11. The fraction of sp³-hybridized carbons (Fsp3) is 0.800. The minimum Gasteiger partial charge on any atom is -0.393 e. The number of nitrogens with one attached hydrogen (secondary N) is 1. The summed E-state index contributed by atoms with van der Waals surface area (Å²) < 4.78 is 0. The van der Waals surface area contributed by atoms with E-state index in [0.717, 1.165) is 0 Å². The molecule has 2 atom stereocenters. The summed E-state index contributed by atoms with van der Waals surface area (Å²) in [6.45, 7) is 2.36. The van der Waals surface area contributed by atoms with E-state index in [-0.39, 0.29) is 5.92 Å². The second-order valence-electron chi connectivity index (χ2n) is 2.25. The molecule has 0 bridgehead atoms. The average Bonchev–Trinajstić information content (AvgIpc) is 2.13. The van der Waals surface area contributed by atoms with Crippen LogP contribution in [0.25, 0.3) is 0 Å². The summed E-state index contributed by atoms with van der Waals surface area (Å²) in [4.78, 5) is 0. The van der Waals surface area contributed by atoms with Crippen LogP contribution >= 0.6 is 0 Å². The van der Waals surface area contributed by atoms with Crippen molar-refractivity contribution < 1.29 is 5.11 Å². The van der Waals surface area contributed by atoms with E-state index >= 15 is 0 Å². The van der Waals surface area contributed by atoms with Gasteiger partial charge in [-0.25, -0.2) is 0 Å². The molecule has 0 saturated heterocycles. The summed E-state index contributed by atoms with van der Waals surface area (Å²) in [5, 5.41) is 12.7. The number of aliphatic hydroxyl groups excluding tert-OH is 1. The summed E-state index contributed by atoms with van der Waals surface area (Å²) in [7, 11) is 0. The molecule has 52 valence electrons. The number of hydrogen-bond donors (Lipinski definition) is 3. The molecule has 0 fully saturated rings. The Morgan fingerprint density at radius 3 is 2.89 bits per heavy atom. The van der Waals surface area contributed by atoms with Crippen molar-refractivity contribution in [3.8, 4) is 0 Å². The zero-order valence-electron chi connectivity index (χ0n) is 5.33. The number of hydrogen-bond acceptors (Lipinski definition) is 4. The van der Waals surface area contributed by atoms with E-state index in [4.69, 9.17) is 10.8 Å². The van der Waals surface area contributed by atoms with E-state index in [9.17, 15) is 0 Å². The maximum atomic E-state index is 9.02. The molecule has 1 aliphatic heterocycles. The molecule has 4 heteroatoms. The molecule has 0 saturated carbocycles. The van der Waals surface area contributed by atoms with Gasteiger partial charge in [0.1, 0.15) is 5.84 Å². The quantitative estimate of drug-likeness (QED) is 0.419. The van der Waals surface area contributed by atoms with Crippen LogP contribution in [0.3, 0.4) is 0 Å². The van der Waals surface area contributed by atoms with Crippen molar-refractivity contribution in [3.63, 3.8) is 0 Å². The molecular formula is C5H11N3O. The predicted octanol–water partition coefficient (Wildman–Crippen LogP) is -1.14. The normalized spacial score (nSPS) is 29.1. The van der Waals surface area contributed by atoms with E-state index in [2.05, 4.69) is 10.5 Å². The largest absolute Gasteiger partial charge is 0.393 e. The third kappa shape index (κ3) is 1.13. The Bertz CT molecular complexity index is 132. The van der Waals surface area contributed by atoms with E-state index in [0.29, 0.717) is 12.4 Å². The topological polar surface area (TPSA) is 70.6 Å². The molecule has 0 aromatic carbocycles. The van der Waals surface area contributed by atoms with Gasteiger partial charge >= 0.3 is 0 Å². The molecule has 0 radical (unpaired) electrons. The molecule has 9 heavy (non-hydrogen) atoms. The Balaban J connectivity index is 2.53. The molecule has 0 amide bonds. The molecule has 0 spiro atoms. The SMILES string of the molecule is CC(O)C1CNN=C1N. The first-order chi connectivity index (χ1) is 4.22. The second kappa shape index (κ2) is 2.23. The van der Waals surface area contributed by atoms with Crippen LogP contribution in [0.2, 0.25) is 0 Å². The fourth-order valence-corrected chi connectivity index (χ4v) is 0.840. The highest BCUT2D eigenvalue weighted by Gasteiger charge is 2.22. The van der Waals surface area contributed by atoms with Gasteiger partial charge in [-0.1, -0.05) is 0 Å². The molecule has 4 nitrogen and oxygen atoms in total. The Morgan fingerprint density at radius 2 is 2.67 bits per heavy atom. The maximum absolute atomic E-state index is 9.02. The van der Waals surface area contributed by atoms with Gasteiger partial charge < -0.3 is 16.3 Å². The van der Waals surface area contributed by atoms with Crippen molar-refractivity contribution in [1.82, 2.24) is 5.43 Å². The molecule has 1 heterocycles. The second-order valence-corrected chi connectivity index (χ2v) is 2.25. The number of aliphatic hydroxyl groups is 1. The van der Waals surface area contributed by atoms with E-state index in [1.165, 1.54) is 0 Å². The van der Waals surface area contributed by atoms with Crippen molar-refractivity contribution in [2.45, 2.75) is 13.0 Å². The molecule has 2 unspecified atom stereocenters. The smallest absolute Gasteiger partial charge is 0.127 e. The van der Waals surface area contributed by atoms with Crippen molar-refractivity contribution in [2.75, 3.05) is 6.54 Å². The van der Waals surface area contributed by atoms with Crippen molar-refractivity contribution >= 4 is 5.84 Å². The minimum atomic E-state index is -0.399. The number of nitrogens with two attached hydrogens (primary N) is 1. The molecule has 0 aromatic heterocycles. The highest BCUT2D eigenvalue weighted by Crippen LogP contribution is 2.05. The molecule has 1 aliphatic rings. The minimum absolute atomic E-state index is 0.00463. The monoisotopic (exact) mass is 129 g/mol. The molecular weight excluding hydrogens is 118 g/mol. The van der Waals surface area contributed by atoms with Gasteiger partial charge in [-0.15, -0.1) is 0 Å². The standard InChI is InChI=1S/C5H11N3O/c1-3(9)4-2-7-8-5(4)6/h3-4,7,9H,2H2,1H3,(H2,6,8). The lowest BCUT2D eigenvalue weighted by molar-refractivity contribution is 0.160. The summed E-state index contributed by atoms with van der Waals surface area (Å²) in [6, 6.07) is 0. The highest BCUT2D eigenvalue weighted by molar-refractivity contribution is 5.84. The van der Waals surface area contributed by atoms with Crippen LogP contribution in [-0.4, -0.2) is 23.6 Å². The zero-order chi connectivity index (χ0) is 6.85. The zero-order valence-corrected chi connectivity index (χ0v) is 5.33. The van der Waals surface area contributed by atoms with Gasteiger partial charge in [0.15, 0.2) is 0 Å². The summed E-state index contributed by atoms with van der Waals surface area (Å²) in [6.07, 6.45) is -0.399. The van der Waals surface area contributed by atoms with Crippen LogP contribution in [-0.2, 0) is 0 Å². The maximum Gasteiger partial charge on any atom is 0.127 e. The molecule has 0 aliphatic carbocycles. The Kier molecular flexibility index (Phi) is 1.57. The van der Waals surface area contributed by atoms with Crippen LogP contribution in [0.15, 0.2) is 5.10 Å². The Hall–Kier alpha value is -0.770.